The number of urea groups is 1. The molecule has 0 unspecified atom stereocenters. The Morgan fingerprint density at radius 1 is 0.793 bits per heavy atom. The van der Waals surface area contributed by atoms with Crippen LogP contribution >= 0.6 is 0 Å². The van der Waals surface area contributed by atoms with E-state index in [1.54, 1.807) is 0 Å². The number of hydrogen-bond donors (Lipinski definition) is 0. The van der Waals surface area contributed by atoms with Crippen LogP contribution in [0.25, 0.3) is 10.8 Å². The van der Waals surface area contributed by atoms with Crippen LogP contribution in [0.15, 0.2) is 59.8 Å². The van der Waals surface area contributed by atoms with E-state index in [0.29, 0.717) is 0 Å². The molecule has 0 N–H and O–H groups in total. The fraction of sp³-hybridized carbons (Fsp3) is 0.261. The Morgan fingerprint density at radius 2 is 1.41 bits per heavy atom. The summed E-state index contributed by atoms with van der Waals surface area (Å²) in [5.41, 5.74) is 2.96. The van der Waals surface area contributed by atoms with Crippen LogP contribution in [0.1, 0.15) is 19.4 Å². The number of amides is 4. The van der Waals surface area contributed by atoms with Crippen molar-refractivity contribution in [3.8, 4) is 0 Å². The molecule has 0 saturated carbocycles. The number of allylic oxidation sites excluding steroid dienone is 3. The molecule has 0 radical (unpaired) electrons. The van der Waals surface area contributed by atoms with Crippen molar-refractivity contribution in [3.05, 3.63) is 65.4 Å². The van der Waals surface area contributed by atoms with Gasteiger partial charge in [-0.2, -0.15) is 0 Å². The minimum absolute atomic E-state index is 0.0212. The van der Waals surface area contributed by atoms with Crippen molar-refractivity contribution in [2.24, 2.45) is 0 Å². The number of anilines is 1. The minimum atomic E-state index is -0.623. The van der Waals surface area contributed by atoms with Gasteiger partial charge in [0.1, 0.15) is 5.57 Å². The summed E-state index contributed by atoms with van der Waals surface area (Å²) < 4.78 is 0. The number of rotatable bonds is 1. The van der Waals surface area contributed by atoms with Crippen molar-refractivity contribution in [3.63, 3.8) is 0 Å². The summed E-state index contributed by atoms with van der Waals surface area (Å²) in [7, 11) is 4.75. The smallest absolute Gasteiger partial charge is 0.333 e. The van der Waals surface area contributed by atoms with E-state index in [1.807, 2.05) is 25.3 Å². The lowest BCUT2D eigenvalue weighted by molar-refractivity contribution is -0.134. The summed E-state index contributed by atoms with van der Waals surface area (Å²) in [6.45, 7) is 4.25. The molecule has 2 aliphatic heterocycles. The molecule has 148 valence electrons. The van der Waals surface area contributed by atoms with E-state index in [9.17, 15) is 14.4 Å². The van der Waals surface area contributed by atoms with Crippen molar-refractivity contribution in [1.29, 1.82) is 0 Å². The second-order valence-corrected chi connectivity index (χ2v) is 8.01. The molecule has 1 saturated heterocycles. The fourth-order valence-electron chi connectivity index (χ4n) is 4.28. The van der Waals surface area contributed by atoms with E-state index in [0.717, 1.165) is 32.0 Å². The molecule has 0 bridgehead atoms. The summed E-state index contributed by atoms with van der Waals surface area (Å²) in [5, 5.41) is 2.32. The highest BCUT2D eigenvalue weighted by atomic mass is 16.2. The zero-order valence-electron chi connectivity index (χ0n) is 17.2. The van der Waals surface area contributed by atoms with Gasteiger partial charge in [0.15, 0.2) is 0 Å². The number of fused-ring (bicyclic) bond motifs is 3. The van der Waals surface area contributed by atoms with Gasteiger partial charge in [-0.3, -0.25) is 19.4 Å². The fourth-order valence-corrected chi connectivity index (χ4v) is 4.28. The minimum Gasteiger partial charge on any atom is -0.347 e. The molecule has 0 aromatic heterocycles. The second-order valence-electron chi connectivity index (χ2n) is 8.01. The third-order valence-corrected chi connectivity index (χ3v) is 5.96. The molecule has 0 spiro atoms. The van der Waals surface area contributed by atoms with Gasteiger partial charge in [0.05, 0.1) is 5.69 Å². The first-order chi connectivity index (χ1) is 13.7. The third kappa shape index (κ3) is 2.59. The third-order valence-electron chi connectivity index (χ3n) is 5.96. The van der Waals surface area contributed by atoms with Gasteiger partial charge in [0, 0.05) is 37.6 Å². The average molecular weight is 389 g/mol. The van der Waals surface area contributed by atoms with Gasteiger partial charge in [-0.15, -0.1) is 0 Å². The molecular formula is C23H23N3O3. The SMILES string of the molecule is CN1C(=O)C(=C/C=C2/N(C)c3c(ccc4ccccc34)C2(C)C)C(=O)N(C)C1=O. The molecule has 6 nitrogen and oxygen atoms in total. The highest BCUT2D eigenvalue weighted by Gasteiger charge is 2.40. The first-order valence-corrected chi connectivity index (χ1v) is 9.44. The van der Waals surface area contributed by atoms with Crippen molar-refractivity contribution in [1.82, 2.24) is 9.80 Å². The molecule has 2 aliphatic rings. The molecular weight excluding hydrogens is 366 g/mol. The summed E-state index contributed by atoms with van der Waals surface area (Å²) in [4.78, 5) is 40.9. The molecule has 4 amide bonds. The number of barbiturate groups is 1. The topological polar surface area (TPSA) is 60.9 Å². The van der Waals surface area contributed by atoms with Gasteiger partial charge >= 0.3 is 6.03 Å². The van der Waals surface area contributed by atoms with Crippen LogP contribution < -0.4 is 4.90 Å². The lowest BCUT2D eigenvalue weighted by Gasteiger charge is -2.29. The molecule has 2 heterocycles. The first-order valence-electron chi connectivity index (χ1n) is 9.44. The van der Waals surface area contributed by atoms with Crippen molar-refractivity contribution in [2.45, 2.75) is 19.3 Å². The van der Waals surface area contributed by atoms with E-state index < -0.39 is 17.8 Å². The number of nitrogens with zero attached hydrogens (tertiary/aromatic N) is 3. The number of carbonyl (C=O) groups excluding carboxylic acids is 3. The number of imide groups is 2. The zero-order valence-corrected chi connectivity index (χ0v) is 17.2. The maximum atomic E-state index is 12.5. The monoisotopic (exact) mass is 389 g/mol. The van der Waals surface area contributed by atoms with Gasteiger partial charge in [-0.05, 0) is 23.1 Å². The van der Waals surface area contributed by atoms with Crippen molar-refractivity contribution in [2.75, 3.05) is 26.0 Å². The summed E-state index contributed by atoms with van der Waals surface area (Å²) >= 11 is 0. The summed E-state index contributed by atoms with van der Waals surface area (Å²) in [6.07, 6.45) is 3.35. The molecule has 2 aromatic carbocycles. The Hall–Kier alpha value is -3.41. The van der Waals surface area contributed by atoms with Gasteiger partial charge < -0.3 is 4.90 Å². The number of likely N-dealkylation sites (N-methyl/N-ethyl adjacent to an activating group) is 3. The lowest BCUT2D eigenvalue weighted by atomic mass is 9.83. The van der Waals surface area contributed by atoms with Crippen LogP contribution in [-0.2, 0) is 15.0 Å². The van der Waals surface area contributed by atoms with E-state index in [2.05, 4.69) is 43.0 Å². The average Bonchev–Trinajstić information content (AvgIpc) is 2.91. The quantitative estimate of drug-likeness (QED) is 0.554. The summed E-state index contributed by atoms with van der Waals surface area (Å²) in [5.74, 6) is -1.17. The number of benzene rings is 2. The molecule has 2 aromatic rings. The van der Waals surface area contributed by atoms with E-state index in [-0.39, 0.29) is 11.0 Å². The number of hydrogen-bond acceptors (Lipinski definition) is 4. The standard InChI is InChI=1S/C23H23N3O3/c1-23(2)17-12-10-14-8-6-7-9-15(14)19(17)24(3)18(23)13-11-16-20(27)25(4)22(29)26(5)21(16)28/h6-13H,1-5H3/b18-13+. The molecule has 6 heteroatoms. The predicted octanol–water partition coefficient (Wildman–Crippen LogP) is 3.43. The van der Waals surface area contributed by atoms with Crippen LogP contribution in [0.5, 0.6) is 0 Å². The van der Waals surface area contributed by atoms with E-state index >= 15 is 0 Å². The summed E-state index contributed by atoms with van der Waals surface area (Å²) in [6, 6.07) is 11.9. The van der Waals surface area contributed by atoms with Crippen LogP contribution in [0.3, 0.4) is 0 Å². The highest BCUT2D eigenvalue weighted by molar-refractivity contribution is 6.28. The second kappa shape index (κ2) is 6.30. The van der Waals surface area contributed by atoms with Crippen LogP contribution in [0.2, 0.25) is 0 Å². The maximum Gasteiger partial charge on any atom is 0.333 e. The molecule has 0 aliphatic carbocycles. The Bertz CT molecular complexity index is 1120. The first kappa shape index (κ1) is 18.9. The van der Waals surface area contributed by atoms with Crippen LogP contribution in [0, 0.1) is 0 Å². The van der Waals surface area contributed by atoms with Crippen LogP contribution in [0.4, 0.5) is 10.5 Å². The number of carbonyl (C=O) groups is 3. The van der Waals surface area contributed by atoms with Gasteiger partial charge in [-0.1, -0.05) is 50.2 Å². The normalized spacial score (nSPS) is 20.2. The molecule has 0 atom stereocenters. The van der Waals surface area contributed by atoms with Crippen LogP contribution in [-0.4, -0.2) is 48.8 Å². The maximum absolute atomic E-state index is 12.5. The molecule has 29 heavy (non-hydrogen) atoms. The van der Waals surface area contributed by atoms with Gasteiger partial charge in [0.25, 0.3) is 11.8 Å². The largest absolute Gasteiger partial charge is 0.347 e. The zero-order chi connectivity index (χ0) is 21.1. The van der Waals surface area contributed by atoms with E-state index in [1.165, 1.54) is 25.7 Å². The molecule has 4 rings (SSSR count). The molecule has 1 fully saturated rings. The van der Waals surface area contributed by atoms with Crippen molar-refractivity contribution < 1.29 is 14.4 Å². The Morgan fingerprint density at radius 3 is 2.07 bits per heavy atom. The van der Waals surface area contributed by atoms with Crippen molar-refractivity contribution >= 4 is 34.3 Å². The highest BCUT2D eigenvalue weighted by Crippen LogP contribution is 2.49. The van der Waals surface area contributed by atoms with Gasteiger partial charge in [0.2, 0.25) is 0 Å². The van der Waals surface area contributed by atoms with Gasteiger partial charge in [-0.25, -0.2) is 4.79 Å². The predicted molar refractivity (Wildman–Crippen MR) is 112 cm³/mol. The van der Waals surface area contributed by atoms with E-state index in [4.69, 9.17) is 0 Å². The Kier molecular flexibility index (Phi) is 4.12. The Balaban J connectivity index is 1.83. The lowest BCUT2D eigenvalue weighted by Crippen LogP contribution is -2.53. The Labute approximate surface area is 169 Å².